The number of ether oxygens (including phenoxy) is 2. The Balaban J connectivity index is 1.49. The topological polar surface area (TPSA) is 180 Å². The first-order valence-electron chi connectivity index (χ1n) is 17.7. The van der Waals surface area contributed by atoms with Gasteiger partial charge in [0, 0.05) is 12.1 Å². The van der Waals surface area contributed by atoms with Crippen LogP contribution in [0.1, 0.15) is 56.8 Å². The number of rotatable bonds is 15. The van der Waals surface area contributed by atoms with E-state index in [0.717, 1.165) is 17.7 Å². The highest BCUT2D eigenvalue weighted by Gasteiger charge is 2.39. The average molecular weight is 752 g/mol. The Morgan fingerprint density at radius 2 is 1.35 bits per heavy atom. The molecule has 0 spiro atoms. The maximum absolute atomic E-state index is 14.2. The SMILES string of the molecule is COC(=O)[C@@H]1CC(NC(=O)[C@@H](NC(=O)C[C@H](O)[C@H](Cc2cc(F)cc(F)c2)NC(=O)C(O)c2ccccc2-c2ccccc2)C(C)C)C[C@H](C(=O)OC)C1. The summed E-state index contributed by atoms with van der Waals surface area (Å²) in [6.45, 7) is 3.37. The summed E-state index contributed by atoms with van der Waals surface area (Å²) in [4.78, 5) is 65.1. The normalized spacial score (nSPS) is 19.1. The highest BCUT2D eigenvalue weighted by atomic mass is 19.1. The van der Waals surface area contributed by atoms with Crippen LogP contribution in [-0.2, 0) is 39.9 Å². The first kappa shape index (κ1) is 41.5. The predicted molar refractivity (Wildman–Crippen MR) is 193 cm³/mol. The molecule has 54 heavy (non-hydrogen) atoms. The summed E-state index contributed by atoms with van der Waals surface area (Å²) < 4.78 is 38.0. The van der Waals surface area contributed by atoms with E-state index in [9.17, 15) is 43.0 Å². The highest BCUT2D eigenvalue weighted by Crippen LogP contribution is 2.32. The molecule has 2 unspecified atom stereocenters. The lowest BCUT2D eigenvalue weighted by atomic mass is 9.78. The minimum Gasteiger partial charge on any atom is -0.469 e. The molecule has 7 atom stereocenters. The van der Waals surface area contributed by atoms with Crippen LogP contribution in [0.5, 0.6) is 0 Å². The number of aliphatic hydroxyl groups excluding tert-OH is 2. The second kappa shape index (κ2) is 19.2. The standard InChI is InChI=1S/C40H47F2N3O9/c1-22(2)35(37(49)43-29-18-25(39(51)53-3)17-26(19-29)40(52)54-4)45-34(47)21-33(46)32(16-23-14-27(41)20-28(42)15-23)44-38(50)36(48)31-13-9-8-12-30(31)24-10-6-5-7-11-24/h5-15,20,22,25-26,29,32-33,35-36,46,48H,16-19,21H2,1-4H3,(H,43,49)(H,44,50)(H,45,47)/t25-,26+,29?,32-,33-,35-,36?/m0/s1. The van der Waals surface area contributed by atoms with Gasteiger partial charge in [0.05, 0.1) is 44.6 Å². The van der Waals surface area contributed by atoms with Gasteiger partial charge in [0.25, 0.3) is 5.91 Å². The van der Waals surface area contributed by atoms with Gasteiger partial charge in [-0.25, -0.2) is 8.78 Å². The van der Waals surface area contributed by atoms with E-state index in [1.165, 1.54) is 14.2 Å². The number of benzene rings is 3. The molecule has 290 valence electrons. The number of nitrogens with one attached hydrogen (secondary N) is 3. The van der Waals surface area contributed by atoms with Gasteiger partial charge in [0.2, 0.25) is 11.8 Å². The lowest BCUT2D eigenvalue weighted by Crippen LogP contribution is -2.55. The highest BCUT2D eigenvalue weighted by molar-refractivity contribution is 5.89. The van der Waals surface area contributed by atoms with Gasteiger partial charge in [-0.1, -0.05) is 68.4 Å². The van der Waals surface area contributed by atoms with Crippen molar-refractivity contribution in [1.82, 2.24) is 16.0 Å². The minimum atomic E-state index is -1.72. The van der Waals surface area contributed by atoms with Gasteiger partial charge >= 0.3 is 11.9 Å². The van der Waals surface area contributed by atoms with Crippen LogP contribution >= 0.6 is 0 Å². The zero-order valence-corrected chi connectivity index (χ0v) is 30.6. The number of carbonyl (C=O) groups excluding carboxylic acids is 5. The smallest absolute Gasteiger partial charge is 0.308 e. The molecule has 1 aliphatic rings. The number of aliphatic hydroxyl groups is 2. The molecular formula is C40H47F2N3O9. The van der Waals surface area contributed by atoms with Crippen molar-refractivity contribution in [3.05, 3.63) is 95.6 Å². The molecule has 12 nitrogen and oxygen atoms in total. The van der Waals surface area contributed by atoms with Gasteiger partial charge in [-0.3, -0.25) is 24.0 Å². The van der Waals surface area contributed by atoms with Crippen LogP contribution in [0, 0.1) is 29.4 Å². The van der Waals surface area contributed by atoms with Crippen molar-refractivity contribution in [3.8, 4) is 11.1 Å². The summed E-state index contributed by atoms with van der Waals surface area (Å²) in [5.74, 6) is -6.91. The third-order valence-electron chi connectivity index (χ3n) is 9.54. The molecule has 4 rings (SSSR count). The van der Waals surface area contributed by atoms with E-state index in [1.54, 1.807) is 50.2 Å². The molecule has 1 saturated carbocycles. The molecule has 0 saturated heterocycles. The molecule has 0 heterocycles. The van der Waals surface area contributed by atoms with Crippen molar-refractivity contribution < 1.29 is 52.4 Å². The zero-order chi connectivity index (χ0) is 39.5. The molecule has 0 aliphatic heterocycles. The summed E-state index contributed by atoms with van der Waals surface area (Å²) in [6, 6.07) is 15.4. The van der Waals surface area contributed by atoms with E-state index in [2.05, 4.69) is 16.0 Å². The van der Waals surface area contributed by atoms with Crippen LogP contribution in [0.15, 0.2) is 72.8 Å². The Labute approximate surface area is 312 Å². The first-order valence-corrected chi connectivity index (χ1v) is 17.7. The van der Waals surface area contributed by atoms with E-state index in [-0.39, 0.29) is 36.8 Å². The third-order valence-corrected chi connectivity index (χ3v) is 9.54. The van der Waals surface area contributed by atoms with Crippen LogP contribution in [0.4, 0.5) is 8.78 Å². The van der Waals surface area contributed by atoms with Crippen LogP contribution in [0.3, 0.4) is 0 Å². The quantitative estimate of drug-likeness (QED) is 0.145. The molecule has 3 amide bonds. The number of hydrogen-bond donors (Lipinski definition) is 5. The molecule has 0 bridgehead atoms. The Bertz CT molecular complexity index is 1750. The molecular weight excluding hydrogens is 704 g/mol. The number of halogens is 2. The van der Waals surface area contributed by atoms with Crippen LogP contribution in [0.25, 0.3) is 11.1 Å². The number of carbonyl (C=O) groups is 5. The predicted octanol–water partition coefficient (Wildman–Crippen LogP) is 3.53. The van der Waals surface area contributed by atoms with Crippen molar-refractivity contribution in [2.45, 2.75) is 76.3 Å². The molecule has 1 fully saturated rings. The number of amides is 3. The van der Waals surface area contributed by atoms with Crippen LogP contribution in [0.2, 0.25) is 0 Å². The summed E-state index contributed by atoms with van der Waals surface area (Å²) in [7, 11) is 2.46. The minimum absolute atomic E-state index is 0.0684. The fraction of sp³-hybridized carbons (Fsp3) is 0.425. The average Bonchev–Trinajstić information content (AvgIpc) is 3.15. The van der Waals surface area contributed by atoms with Gasteiger partial charge in [-0.2, -0.15) is 0 Å². The Hall–Kier alpha value is -5.21. The van der Waals surface area contributed by atoms with E-state index in [4.69, 9.17) is 9.47 Å². The number of methoxy groups -OCH3 is 2. The van der Waals surface area contributed by atoms with Gasteiger partial charge < -0.3 is 35.6 Å². The summed E-state index contributed by atoms with van der Waals surface area (Å²) in [5.41, 5.74) is 1.65. The monoisotopic (exact) mass is 751 g/mol. The molecule has 1 aliphatic carbocycles. The van der Waals surface area contributed by atoms with Crippen LogP contribution < -0.4 is 16.0 Å². The second-order valence-corrected chi connectivity index (χ2v) is 13.9. The number of esters is 2. The lowest BCUT2D eigenvalue weighted by Gasteiger charge is -2.34. The fourth-order valence-corrected chi connectivity index (χ4v) is 6.83. The van der Waals surface area contributed by atoms with Crippen molar-refractivity contribution in [3.63, 3.8) is 0 Å². The summed E-state index contributed by atoms with van der Waals surface area (Å²) in [6.07, 6.45) is -3.73. The molecule has 0 aromatic heterocycles. The van der Waals surface area contributed by atoms with Crippen molar-refractivity contribution >= 4 is 29.7 Å². The maximum Gasteiger partial charge on any atom is 0.308 e. The van der Waals surface area contributed by atoms with Crippen molar-refractivity contribution in [2.75, 3.05) is 14.2 Å². The Morgan fingerprint density at radius 3 is 1.93 bits per heavy atom. The number of hydrogen-bond acceptors (Lipinski definition) is 9. The first-order chi connectivity index (χ1) is 25.7. The van der Waals surface area contributed by atoms with E-state index < -0.39 is 95.8 Å². The van der Waals surface area contributed by atoms with Gasteiger partial charge in [0.1, 0.15) is 17.7 Å². The maximum atomic E-state index is 14.2. The van der Waals surface area contributed by atoms with E-state index in [1.807, 2.05) is 18.2 Å². The molecule has 5 N–H and O–H groups in total. The van der Waals surface area contributed by atoms with Gasteiger partial charge in [-0.05, 0) is 66.0 Å². The Morgan fingerprint density at radius 1 is 0.778 bits per heavy atom. The summed E-state index contributed by atoms with van der Waals surface area (Å²) in [5, 5.41) is 30.5. The van der Waals surface area contributed by atoms with E-state index >= 15 is 0 Å². The van der Waals surface area contributed by atoms with E-state index in [0.29, 0.717) is 11.6 Å². The molecule has 0 radical (unpaired) electrons. The zero-order valence-electron chi connectivity index (χ0n) is 30.6. The fourth-order valence-electron chi connectivity index (χ4n) is 6.83. The second-order valence-electron chi connectivity index (χ2n) is 13.9. The van der Waals surface area contributed by atoms with Crippen LogP contribution in [-0.4, -0.2) is 78.3 Å². The van der Waals surface area contributed by atoms with Gasteiger partial charge in [-0.15, -0.1) is 0 Å². The third kappa shape index (κ3) is 11.2. The van der Waals surface area contributed by atoms with Gasteiger partial charge in [0.15, 0.2) is 6.10 Å². The van der Waals surface area contributed by atoms with Crippen molar-refractivity contribution in [1.29, 1.82) is 0 Å². The summed E-state index contributed by atoms with van der Waals surface area (Å²) >= 11 is 0. The van der Waals surface area contributed by atoms with Crippen molar-refractivity contribution in [2.24, 2.45) is 17.8 Å². The molecule has 14 heteroatoms. The Kier molecular flexibility index (Phi) is 14.8. The lowest BCUT2D eigenvalue weighted by molar-refractivity contribution is -0.153. The molecule has 3 aromatic rings. The largest absolute Gasteiger partial charge is 0.469 e. The molecule has 3 aromatic carbocycles.